The van der Waals surface area contributed by atoms with Gasteiger partial charge in [-0.2, -0.15) is 73.9 Å². The van der Waals surface area contributed by atoms with Crippen LogP contribution in [0.25, 0.3) is 26.7 Å². The summed E-state index contributed by atoms with van der Waals surface area (Å²) < 4.78 is 1.20. The average Bonchev–Trinajstić information content (AvgIpc) is 3.37. The predicted octanol–water partition coefficient (Wildman–Crippen LogP) is 12.3. The fourth-order valence-corrected chi connectivity index (χ4v) is 5.56. The van der Waals surface area contributed by atoms with Crippen molar-refractivity contribution in [1.29, 1.82) is 0 Å². The molecular formula is C41H44HfN2S. The molecule has 0 saturated carbocycles. The molecule has 0 aliphatic heterocycles. The van der Waals surface area contributed by atoms with E-state index in [-0.39, 0.29) is 31.4 Å². The minimum Gasteiger partial charge on any atom is -0.451 e. The first kappa shape index (κ1) is 37.5. The topological polar surface area (TPSA) is 27.0 Å². The summed E-state index contributed by atoms with van der Waals surface area (Å²) in [6.45, 7) is 24.0. The first-order valence-corrected chi connectivity index (χ1v) is 15.6. The Balaban J connectivity index is 0.000000259. The number of benzene rings is 5. The van der Waals surface area contributed by atoms with Crippen molar-refractivity contribution in [3.05, 3.63) is 181 Å². The van der Waals surface area contributed by atoms with E-state index in [9.17, 15) is 0 Å². The van der Waals surface area contributed by atoms with Crippen LogP contribution in [0.2, 0.25) is 0 Å². The maximum Gasteiger partial charge on any atom is 4.00 e. The number of hydrogen-bond acceptors (Lipinski definition) is 2. The zero-order valence-electron chi connectivity index (χ0n) is 27.5. The van der Waals surface area contributed by atoms with Crippen LogP contribution in [0.15, 0.2) is 121 Å². The predicted molar refractivity (Wildman–Crippen MR) is 195 cm³/mol. The van der Waals surface area contributed by atoms with Gasteiger partial charge in [0.1, 0.15) is 0 Å². The fraction of sp³-hybridized carbons (Fsp3) is 0.171. The average molecular weight is 775 g/mol. The van der Waals surface area contributed by atoms with Gasteiger partial charge in [0.15, 0.2) is 0 Å². The van der Waals surface area contributed by atoms with E-state index in [1.54, 1.807) is 11.3 Å². The first-order valence-electron chi connectivity index (χ1n) is 14.7. The summed E-state index contributed by atoms with van der Waals surface area (Å²) in [5.41, 5.74) is 10.6. The van der Waals surface area contributed by atoms with E-state index in [1.807, 2.05) is 91.0 Å². The van der Waals surface area contributed by atoms with Crippen LogP contribution in [0.3, 0.4) is 0 Å². The first-order chi connectivity index (χ1) is 20.9. The summed E-state index contributed by atoms with van der Waals surface area (Å²) in [5.74, 6) is 0. The molecule has 1 aromatic heterocycles. The maximum atomic E-state index is 4.83. The fourth-order valence-electron chi connectivity index (χ4n) is 4.51. The van der Waals surface area contributed by atoms with Gasteiger partial charge >= 0.3 is 25.8 Å². The molecule has 0 bridgehead atoms. The summed E-state index contributed by atoms with van der Waals surface area (Å²) in [5, 5.41) is 5.59. The Kier molecular flexibility index (Phi) is 15.2. The van der Waals surface area contributed by atoms with Crippen LogP contribution in [0, 0.1) is 41.5 Å². The molecule has 6 aromatic rings. The van der Waals surface area contributed by atoms with Gasteiger partial charge in [-0.3, -0.25) is 0 Å². The van der Waals surface area contributed by atoms with Crippen molar-refractivity contribution in [3.8, 4) is 11.1 Å². The second-order valence-electron chi connectivity index (χ2n) is 11.7. The molecule has 4 heteroatoms. The van der Waals surface area contributed by atoms with Gasteiger partial charge in [-0.15, -0.1) is 47.7 Å². The van der Waals surface area contributed by atoms with Crippen molar-refractivity contribution in [2.45, 2.75) is 47.1 Å². The van der Waals surface area contributed by atoms with Crippen LogP contribution in [-0.4, -0.2) is 10.5 Å². The molecule has 5 aromatic carbocycles. The van der Waals surface area contributed by atoms with E-state index in [4.69, 9.17) is 10.3 Å². The van der Waals surface area contributed by atoms with Crippen LogP contribution < -0.4 is 0 Å². The molecule has 0 radical (unpaired) electrons. The molecule has 0 saturated heterocycles. The van der Waals surface area contributed by atoms with Crippen molar-refractivity contribution in [2.24, 2.45) is 0 Å². The van der Waals surface area contributed by atoms with E-state index in [2.05, 4.69) is 92.6 Å². The van der Waals surface area contributed by atoms with Crippen LogP contribution in [-0.2, 0) is 25.8 Å². The molecule has 0 N–H and O–H groups in total. The normalized spacial score (nSPS) is 10.1. The van der Waals surface area contributed by atoms with E-state index in [1.165, 1.54) is 32.5 Å². The van der Waals surface area contributed by atoms with Crippen LogP contribution >= 0.6 is 11.3 Å². The number of nitrogens with zero attached hydrogens (tertiary/aromatic N) is 2. The SMILES string of the molecule is Cc1cc(C)c(-c2cccc3sc([N-]C(C)(C)C)nc23)c(C)c1.[CH2-]c1ccccc1.[CH2-]c1ccccc1.[CH2-]c1ccccc1.[Hf+4]. The van der Waals surface area contributed by atoms with E-state index < -0.39 is 0 Å². The Hall–Kier alpha value is -3.73. The molecule has 0 amide bonds. The van der Waals surface area contributed by atoms with Crippen LogP contribution in [0.1, 0.15) is 54.2 Å². The zero-order valence-corrected chi connectivity index (χ0v) is 31.9. The van der Waals surface area contributed by atoms with Gasteiger partial charge in [0.2, 0.25) is 0 Å². The number of aromatic nitrogens is 1. The minimum absolute atomic E-state index is 0. The molecule has 2 nitrogen and oxygen atoms in total. The molecule has 228 valence electrons. The van der Waals surface area contributed by atoms with Crippen LogP contribution in [0.4, 0.5) is 5.13 Å². The molecule has 0 aliphatic rings. The number of fused-ring (bicyclic) bond motifs is 1. The Morgan fingerprint density at radius 3 is 1.38 bits per heavy atom. The molecule has 6 rings (SSSR count). The third-order valence-electron chi connectivity index (χ3n) is 6.31. The molecule has 45 heavy (non-hydrogen) atoms. The van der Waals surface area contributed by atoms with Crippen molar-refractivity contribution in [2.75, 3.05) is 0 Å². The summed E-state index contributed by atoms with van der Waals surface area (Å²) >= 11 is 1.67. The Bertz CT molecular complexity index is 1590. The molecule has 1 heterocycles. The van der Waals surface area contributed by atoms with E-state index in [0.717, 1.165) is 27.3 Å². The van der Waals surface area contributed by atoms with Crippen molar-refractivity contribution < 1.29 is 25.8 Å². The van der Waals surface area contributed by atoms with Gasteiger partial charge in [-0.05, 0) is 65.3 Å². The zero-order chi connectivity index (χ0) is 32.1. The van der Waals surface area contributed by atoms with Gasteiger partial charge in [-0.1, -0.05) is 68.8 Å². The Labute approximate surface area is 294 Å². The quantitative estimate of drug-likeness (QED) is 0.127. The molecule has 0 atom stereocenters. The van der Waals surface area contributed by atoms with Crippen LogP contribution in [0.5, 0.6) is 0 Å². The number of hydrogen-bond donors (Lipinski definition) is 0. The molecule has 0 aliphatic carbocycles. The summed E-state index contributed by atoms with van der Waals surface area (Å²) in [6, 6.07) is 40.5. The second-order valence-corrected chi connectivity index (χ2v) is 12.7. The van der Waals surface area contributed by atoms with Gasteiger partial charge < -0.3 is 10.3 Å². The molecule has 0 fully saturated rings. The van der Waals surface area contributed by atoms with Crippen molar-refractivity contribution >= 4 is 26.7 Å². The van der Waals surface area contributed by atoms with Gasteiger partial charge in [-0.25, -0.2) is 0 Å². The maximum absolute atomic E-state index is 4.83. The standard InChI is InChI=1S/C20H23N2S.3C7H7.Hf/c1-12-10-13(2)17(14(3)11-12)15-8-7-9-16-18(15)21-19(23-16)22-20(4,5)6;3*1-7-5-3-2-4-6-7;/h7-11H,1-6H3;3*2-6H,1H2;/q4*-1;+4. The third kappa shape index (κ3) is 13.0. The number of thiazole rings is 1. The minimum atomic E-state index is -0.107. The van der Waals surface area contributed by atoms with E-state index in [0.29, 0.717) is 0 Å². The summed E-state index contributed by atoms with van der Waals surface area (Å²) in [4.78, 5) is 4.83. The second kappa shape index (κ2) is 18.3. The monoisotopic (exact) mass is 776 g/mol. The van der Waals surface area contributed by atoms with E-state index >= 15 is 0 Å². The molecule has 0 spiro atoms. The van der Waals surface area contributed by atoms with Gasteiger partial charge in [0, 0.05) is 4.70 Å². The smallest absolute Gasteiger partial charge is 0.451 e. The Morgan fingerprint density at radius 2 is 1.02 bits per heavy atom. The molecular weight excluding hydrogens is 731 g/mol. The van der Waals surface area contributed by atoms with Crippen molar-refractivity contribution in [1.82, 2.24) is 4.98 Å². The largest absolute Gasteiger partial charge is 4.00 e. The number of rotatable bonds is 2. The van der Waals surface area contributed by atoms with Gasteiger partial charge in [0.05, 0.1) is 0 Å². The number of aryl methyl sites for hydroxylation is 3. The van der Waals surface area contributed by atoms with Gasteiger partial charge in [0.25, 0.3) is 0 Å². The Morgan fingerprint density at radius 1 is 0.600 bits per heavy atom. The summed E-state index contributed by atoms with van der Waals surface area (Å²) in [6.07, 6.45) is 0. The third-order valence-corrected chi connectivity index (χ3v) is 7.23. The number of para-hydroxylation sites is 1. The molecule has 0 unspecified atom stereocenters. The summed E-state index contributed by atoms with van der Waals surface area (Å²) in [7, 11) is 0. The van der Waals surface area contributed by atoms with Crippen molar-refractivity contribution in [3.63, 3.8) is 0 Å².